The van der Waals surface area contributed by atoms with E-state index in [1.165, 1.54) is 12.1 Å². The third-order valence-electron chi connectivity index (χ3n) is 3.70. The molecule has 0 saturated carbocycles. The second kappa shape index (κ2) is 4.91. The summed E-state index contributed by atoms with van der Waals surface area (Å²) in [6, 6.07) is 9.71. The molecule has 0 saturated heterocycles. The first-order valence-electron chi connectivity index (χ1n) is 6.90. The van der Waals surface area contributed by atoms with E-state index in [1.807, 2.05) is 6.07 Å². The van der Waals surface area contributed by atoms with Crippen LogP contribution in [0.2, 0.25) is 0 Å². The second-order valence-corrected chi connectivity index (χ2v) is 5.10. The zero-order chi connectivity index (χ0) is 16.0. The predicted octanol–water partition coefficient (Wildman–Crippen LogP) is 2.74. The molecule has 0 radical (unpaired) electrons. The van der Waals surface area contributed by atoms with Gasteiger partial charge in [-0.1, -0.05) is 6.07 Å². The molecule has 4 rings (SSSR count). The minimum Gasteiger partial charge on any atom is -0.439 e. The van der Waals surface area contributed by atoms with Crippen molar-refractivity contribution in [1.82, 2.24) is 19.7 Å². The van der Waals surface area contributed by atoms with Gasteiger partial charge < -0.3 is 9.30 Å². The summed E-state index contributed by atoms with van der Waals surface area (Å²) in [6.45, 7) is 0. The lowest BCUT2D eigenvalue weighted by Gasteiger charge is -2.05. The van der Waals surface area contributed by atoms with E-state index in [1.54, 1.807) is 36.0 Å². The van der Waals surface area contributed by atoms with Crippen LogP contribution in [0.5, 0.6) is 11.6 Å². The summed E-state index contributed by atoms with van der Waals surface area (Å²) in [5.41, 5.74) is 1.10. The molecule has 3 heterocycles. The number of hydrogen-bond acceptors (Lipinski definition) is 4. The number of nitrogens with one attached hydrogen (secondary N) is 1. The van der Waals surface area contributed by atoms with Gasteiger partial charge in [0.15, 0.2) is 0 Å². The number of fused-ring (bicyclic) bond motifs is 3. The van der Waals surface area contributed by atoms with Crippen molar-refractivity contribution in [3.05, 3.63) is 58.9 Å². The van der Waals surface area contributed by atoms with E-state index in [4.69, 9.17) is 4.74 Å². The highest BCUT2D eigenvalue weighted by atomic mass is 19.1. The van der Waals surface area contributed by atoms with Gasteiger partial charge in [0.1, 0.15) is 11.3 Å². The fourth-order valence-corrected chi connectivity index (χ4v) is 2.69. The van der Waals surface area contributed by atoms with Crippen LogP contribution in [-0.4, -0.2) is 19.7 Å². The highest BCUT2D eigenvalue weighted by Gasteiger charge is 2.12. The van der Waals surface area contributed by atoms with Gasteiger partial charge in [0.25, 0.3) is 5.56 Å². The molecule has 4 aromatic rings. The first-order valence-corrected chi connectivity index (χ1v) is 6.90. The average Bonchev–Trinajstić information content (AvgIpc) is 2.81. The van der Waals surface area contributed by atoms with Gasteiger partial charge in [-0.3, -0.25) is 4.79 Å². The summed E-state index contributed by atoms with van der Waals surface area (Å²) in [5, 5.41) is 7.92. The molecule has 1 aromatic carbocycles. The van der Waals surface area contributed by atoms with Gasteiger partial charge in [-0.25, -0.2) is 5.10 Å². The lowest BCUT2D eigenvalue weighted by Crippen LogP contribution is -2.10. The molecular formula is C16H11FN4O2. The number of hydrogen-bond donors (Lipinski definition) is 1. The molecule has 0 amide bonds. The maximum Gasteiger partial charge on any atom is 0.288 e. The van der Waals surface area contributed by atoms with Gasteiger partial charge in [0, 0.05) is 30.0 Å². The van der Waals surface area contributed by atoms with E-state index in [9.17, 15) is 9.18 Å². The molecule has 0 aliphatic rings. The lowest BCUT2D eigenvalue weighted by molar-refractivity contribution is 0.446. The number of nitrogens with zero attached hydrogens (tertiary/aromatic N) is 3. The molecule has 1 N–H and O–H groups in total. The Labute approximate surface area is 129 Å². The number of aromatic nitrogens is 4. The van der Waals surface area contributed by atoms with Crippen molar-refractivity contribution in [3.63, 3.8) is 0 Å². The van der Waals surface area contributed by atoms with E-state index in [0.717, 1.165) is 16.3 Å². The fourth-order valence-electron chi connectivity index (χ4n) is 2.69. The maximum atomic E-state index is 13.1. The second-order valence-electron chi connectivity index (χ2n) is 5.10. The summed E-state index contributed by atoms with van der Waals surface area (Å²) < 4.78 is 20.5. The first kappa shape index (κ1) is 13.4. The summed E-state index contributed by atoms with van der Waals surface area (Å²) >= 11 is 0. The number of aromatic amines is 1. The third kappa shape index (κ3) is 2.13. The Morgan fingerprint density at radius 1 is 1.22 bits per heavy atom. The summed E-state index contributed by atoms with van der Waals surface area (Å²) in [4.78, 5) is 15.6. The van der Waals surface area contributed by atoms with E-state index in [-0.39, 0.29) is 11.4 Å². The van der Waals surface area contributed by atoms with Gasteiger partial charge in [-0.15, -0.1) is 0 Å². The van der Waals surface area contributed by atoms with Crippen molar-refractivity contribution in [2.45, 2.75) is 0 Å². The SMILES string of the molecule is Cn1c2cc(Oc3cccc(F)n3)ccc2c2cn[nH]c(=O)c21. The molecule has 0 aliphatic heterocycles. The monoisotopic (exact) mass is 310 g/mol. The Morgan fingerprint density at radius 2 is 2.09 bits per heavy atom. The molecule has 0 aliphatic carbocycles. The van der Waals surface area contributed by atoms with Crippen LogP contribution in [-0.2, 0) is 7.05 Å². The van der Waals surface area contributed by atoms with Gasteiger partial charge in [0.05, 0.1) is 11.7 Å². The molecule has 0 bridgehead atoms. The highest BCUT2D eigenvalue weighted by Crippen LogP contribution is 2.30. The highest BCUT2D eigenvalue weighted by molar-refractivity contribution is 6.07. The standard InChI is InChI=1S/C16H11FN4O2/c1-21-12-7-9(23-14-4-2-3-13(17)19-14)5-6-10(12)11-8-18-20-16(22)15(11)21/h2-8H,1H3,(H,20,22). The molecule has 6 nitrogen and oxygen atoms in total. The quantitative estimate of drug-likeness (QED) is 0.578. The number of benzene rings is 1. The molecule has 0 fully saturated rings. The number of pyridine rings is 1. The van der Waals surface area contributed by atoms with E-state index >= 15 is 0 Å². The number of rotatable bonds is 2. The number of ether oxygens (including phenoxy) is 1. The van der Waals surface area contributed by atoms with Crippen molar-refractivity contribution >= 4 is 21.8 Å². The first-order chi connectivity index (χ1) is 11.1. The molecule has 114 valence electrons. The Hall–Kier alpha value is -3.22. The van der Waals surface area contributed by atoms with E-state index in [2.05, 4.69) is 15.2 Å². The van der Waals surface area contributed by atoms with E-state index < -0.39 is 5.95 Å². The Bertz CT molecular complexity index is 1100. The number of halogens is 1. The van der Waals surface area contributed by atoms with Crippen LogP contribution in [0.15, 0.2) is 47.4 Å². The zero-order valence-corrected chi connectivity index (χ0v) is 12.1. The van der Waals surface area contributed by atoms with Crippen molar-refractivity contribution in [3.8, 4) is 11.6 Å². The minimum atomic E-state index is -0.606. The Kier molecular flexibility index (Phi) is 2.87. The van der Waals surface area contributed by atoms with Crippen molar-refractivity contribution < 1.29 is 9.13 Å². The largest absolute Gasteiger partial charge is 0.439 e. The van der Waals surface area contributed by atoms with Crippen molar-refractivity contribution in [1.29, 1.82) is 0 Å². The predicted molar refractivity (Wildman–Crippen MR) is 83.1 cm³/mol. The van der Waals surface area contributed by atoms with Crippen LogP contribution in [0.25, 0.3) is 21.8 Å². The van der Waals surface area contributed by atoms with Crippen LogP contribution in [0.1, 0.15) is 0 Å². The van der Waals surface area contributed by atoms with Gasteiger partial charge in [-0.05, 0) is 18.2 Å². The van der Waals surface area contributed by atoms with Crippen LogP contribution < -0.4 is 10.3 Å². The normalized spacial score (nSPS) is 11.2. The summed E-state index contributed by atoms with van der Waals surface area (Å²) in [5.74, 6) is 0.0688. The van der Waals surface area contributed by atoms with Crippen molar-refractivity contribution in [2.24, 2.45) is 7.05 Å². The molecule has 0 atom stereocenters. The average molecular weight is 310 g/mol. The molecule has 23 heavy (non-hydrogen) atoms. The fraction of sp³-hybridized carbons (Fsp3) is 0.0625. The summed E-state index contributed by atoms with van der Waals surface area (Å²) in [7, 11) is 1.80. The number of aryl methyl sites for hydroxylation is 1. The molecule has 7 heteroatoms. The zero-order valence-electron chi connectivity index (χ0n) is 12.1. The van der Waals surface area contributed by atoms with Gasteiger partial charge >= 0.3 is 0 Å². The van der Waals surface area contributed by atoms with Gasteiger partial charge in [0.2, 0.25) is 11.8 Å². The number of H-pyrrole nitrogens is 1. The van der Waals surface area contributed by atoms with E-state index in [0.29, 0.717) is 11.3 Å². The Balaban J connectivity index is 1.88. The molecule has 3 aromatic heterocycles. The molecular weight excluding hydrogens is 299 g/mol. The van der Waals surface area contributed by atoms with Crippen LogP contribution >= 0.6 is 0 Å². The van der Waals surface area contributed by atoms with Crippen LogP contribution in [0, 0.1) is 5.95 Å². The minimum absolute atomic E-state index is 0.169. The maximum absolute atomic E-state index is 13.1. The van der Waals surface area contributed by atoms with Crippen LogP contribution in [0.3, 0.4) is 0 Å². The van der Waals surface area contributed by atoms with Crippen LogP contribution in [0.4, 0.5) is 4.39 Å². The molecule has 0 spiro atoms. The molecule has 0 unspecified atom stereocenters. The summed E-state index contributed by atoms with van der Waals surface area (Å²) in [6.07, 6.45) is 1.62. The lowest BCUT2D eigenvalue weighted by atomic mass is 10.2. The van der Waals surface area contributed by atoms with Crippen molar-refractivity contribution in [2.75, 3.05) is 0 Å². The smallest absolute Gasteiger partial charge is 0.288 e. The topological polar surface area (TPSA) is 72.8 Å². The van der Waals surface area contributed by atoms with Gasteiger partial charge in [-0.2, -0.15) is 14.5 Å². The third-order valence-corrected chi connectivity index (χ3v) is 3.70. The Morgan fingerprint density at radius 3 is 2.91 bits per heavy atom.